The van der Waals surface area contributed by atoms with Gasteiger partial charge in [-0.1, -0.05) is 0 Å². The van der Waals surface area contributed by atoms with Crippen LogP contribution in [0.1, 0.15) is 19.3 Å². The van der Waals surface area contributed by atoms with E-state index in [1.807, 2.05) is 0 Å². The highest BCUT2D eigenvalue weighted by Crippen LogP contribution is 2.15. The normalized spacial score (nSPS) is 9.86. The number of rotatable bonds is 8. The Bertz CT molecular complexity index is 474. The van der Waals surface area contributed by atoms with Gasteiger partial charge in [0, 0.05) is 0 Å². The van der Waals surface area contributed by atoms with Gasteiger partial charge in [-0.25, -0.2) is 9.59 Å². The number of Topliss-reactive ketones (excluding diaryl/α,β-unsaturated/α-hetero) is 1. The summed E-state index contributed by atoms with van der Waals surface area (Å²) in [4.78, 5) is 59.7. The minimum atomic E-state index is -2.74. The second-order valence-electron chi connectivity index (χ2n) is 3.78. The second kappa shape index (κ2) is 9.02. The fraction of sp³-hybridized carbons (Fsp3) is 0.400. The van der Waals surface area contributed by atoms with E-state index < -0.39 is 60.5 Å². The van der Waals surface area contributed by atoms with Crippen molar-refractivity contribution in [3.63, 3.8) is 0 Å². The first kappa shape index (κ1) is 21.3. The molecule has 0 fully saturated rings. The first-order chi connectivity index (χ1) is 9.81. The first-order valence-electron chi connectivity index (χ1n) is 5.19. The summed E-state index contributed by atoms with van der Waals surface area (Å²) in [6, 6.07) is 0. The van der Waals surface area contributed by atoms with E-state index in [-0.39, 0.29) is 0 Å². The quantitative estimate of drug-likeness (QED) is 0.208. The third-order valence-electron chi connectivity index (χ3n) is 1.84. The van der Waals surface area contributed by atoms with E-state index in [0.29, 0.717) is 0 Å². The Hall–Kier alpha value is -3.02. The van der Waals surface area contributed by atoms with Crippen molar-refractivity contribution in [3.05, 3.63) is 0 Å². The fourth-order valence-electron chi connectivity index (χ4n) is 0.927. The topological polar surface area (TPSA) is 224 Å². The zero-order valence-electron chi connectivity index (χ0n) is 10.8. The standard InChI is InChI=1S/C6H8O7.C4H4O5/c7-3(8)1-6(13,5(11)12)2-4(9)10;5-2(4(8)9)1-3(6)7/h13H,1-2H2,(H,7,8)(H,9,10)(H,11,12);1H2,(H,6,7)(H,8,9). The van der Waals surface area contributed by atoms with Crippen molar-refractivity contribution in [3.8, 4) is 0 Å². The van der Waals surface area contributed by atoms with Gasteiger partial charge in [0.1, 0.15) is 6.42 Å². The third kappa shape index (κ3) is 9.85. The molecule has 0 aliphatic heterocycles. The zero-order valence-corrected chi connectivity index (χ0v) is 10.8. The van der Waals surface area contributed by atoms with E-state index in [9.17, 15) is 28.8 Å². The number of carboxylic acids is 5. The molecule has 12 nitrogen and oxygen atoms in total. The van der Waals surface area contributed by atoms with E-state index in [0.717, 1.165) is 0 Å². The number of ketones is 1. The maximum Gasteiger partial charge on any atom is 0.372 e. The minimum Gasteiger partial charge on any atom is -0.481 e. The Kier molecular flexibility index (Phi) is 8.72. The fourth-order valence-corrected chi connectivity index (χ4v) is 0.927. The Morgan fingerprint density at radius 2 is 1.05 bits per heavy atom. The van der Waals surface area contributed by atoms with Crippen LogP contribution in [0, 0.1) is 0 Å². The Morgan fingerprint density at radius 1 is 0.682 bits per heavy atom. The predicted molar refractivity (Wildman–Crippen MR) is 62.0 cm³/mol. The molecule has 0 bridgehead atoms. The van der Waals surface area contributed by atoms with Crippen molar-refractivity contribution in [2.24, 2.45) is 0 Å². The van der Waals surface area contributed by atoms with Crippen molar-refractivity contribution in [2.75, 3.05) is 0 Å². The van der Waals surface area contributed by atoms with E-state index >= 15 is 0 Å². The molecule has 0 atom stereocenters. The third-order valence-corrected chi connectivity index (χ3v) is 1.84. The van der Waals surface area contributed by atoms with Gasteiger partial charge >= 0.3 is 29.8 Å². The molecular formula is C10H12O12. The number of aliphatic carboxylic acids is 5. The number of carboxylic acid groups (broad SMARTS) is 5. The van der Waals surface area contributed by atoms with Crippen molar-refractivity contribution in [1.29, 1.82) is 0 Å². The van der Waals surface area contributed by atoms with Gasteiger partial charge in [0.25, 0.3) is 5.78 Å². The maximum absolute atomic E-state index is 10.3. The highest BCUT2D eigenvalue weighted by molar-refractivity contribution is 6.35. The van der Waals surface area contributed by atoms with Crippen LogP contribution in [0.15, 0.2) is 0 Å². The lowest BCUT2D eigenvalue weighted by Gasteiger charge is -2.18. The van der Waals surface area contributed by atoms with E-state index in [2.05, 4.69) is 0 Å². The molecule has 22 heavy (non-hydrogen) atoms. The molecule has 0 aliphatic carbocycles. The smallest absolute Gasteiger partial charge is 0.372 e. The lowest BCUT2D eigenvalue weighted by atomic mass is 9.96. The van der Waals surface area contributed by atoms with Gasteiger partial charge in [-0.3, -0.25) is 19.2 Å². The van der Waals surface area contributed by atoms with Gasteiger partial charge in [0.05, 0.1) is 12.8 Å². The Morgan fingerprint density at radius 3 is 1.18 bits per heavy atom. The molecule has 0 aromatic rings. The van der Waals surface area contributed by atoms with Crippen LogP contribution in [0.5, 0.6) is 0 Å². The number of hydrogen-bond donors (Lipinski definition) is 6. The zero-order chi connectivity index (χ0) is 18.1. The molecule has 0 aromatic carbocycles. The van der Waals surface area contributed by atoms with Gasteiger partial charge in [0.15, 0.2) is 5.60 Å². The second-order valence-corrected chi connectivity index (χ2v) is 3.78. The highest BCUT2D eigenvalue weighted by Gasteiger charge is 2.40. The van der Waals surface area contributed by atoms with Crippen molar-refractivity contribution >= 4 is 35.6 Å². The Labute approximate surface area is 121 Å². The van der Waals surface area contributed by atoms with Gasteiger partial charge in [-0.2, -0.15) is 0 Å². The van der Waals surface area contributed by atoms with Crippen molar-refractivity contribution < 1.29 is 59.4 Å². The monoisotopic (exact) mass is 324 g/mol. The minimum absolute atomic E-state index is 0.949. The predicted octanol–water partition coefficient (Wildman–Crippen LogP) is -2.13. The van der Waals surface area contributed by atoms with Crippen LogP contribution in [-0.2, 0) is 28.8 Å². The van der Waals surface area contributed by atoms with Gasteiger partial charge in [-0.05, 0) is 0 Å². The molecule has 0 spiro atoms. The number of aliphatic hydroxyl groups is 1. The molecule has 0 rings (SSSR count). The average molecular weight is 324 g/mol. The largest absolute Gasteiger partial charge is 0.481 e. The molecule has 12 heteroatoms. The van der Waals surface area contributed by atoms with Crippen LogP contribution in [0.2, 0.25) is 0 Å². The van der Waals surface area contributed by atoms with Crippen molar-refractivity contribution in [2.45, 2.75) is 24.9 Å². The summed E-state index contributed by atoms with van der Waals surface area (Å²) >= 11 is 0. The molecule has 0 aliphatic rings. The average Bonchev–Trinajstić information content (AvgIpc) is 2.25. The van der Waals surface area contributed by atoms with Gasteiger partial charge in [-0.15, -0.1) is 0 Å². The summed E-state index contributed by atoms with van der Waals surface area (Å²) in [6.07, 6.45) is -3.24. The highest BCUT2D eigenvalue weighted by atomic mass is 16.4. The molecular weight excluding hydrogens is 312 g/mol. The number of carbonyl (C=O) groups is 6. The molecule has 6 N–H and O–H groups in total. The summed E-state index contributed by atoms with van der Waals surface area (Å²) < 4.78 is 0. The molecule has 0 saturated carbocycles. The van der Waals surface area contributed by atoms with Gasteiger partial charge < -0.3 is 30.6 Å². The molecule has 0 heterocycles. The summed E-state index contributed by atoms with van der Waals surface area (Å²) in [5.74, 6) is -9.46. The summed E-state index contributed by atoms with van der Waals surface area (Å²) in [5, 5.41) is 49.5. The van der Waals surface area contributed by atoms with Crippen LogP contribution >= 0.6 is 0 Å². The number of carbonyl (C=O) groups excluding carboxylic acids is 1. The summed E-state index contributed by atoms with van der Waals surface area (Å²) in [7, 11) is 0. The first-order valence-corrected chi connectivity index (χ1v) is 5.19. The molecule has 0 unspecified atom stereocenters. The van der Waals surface area contributed by atoms with Gasteiger partial charge in [0.2, 0.25) is 0 Å². The maximum atomic E-state index is 10.3. The van der Waals surface area contributed by atoms with Crippen LogP contribution in [0.3, 0.4) is 0 Å². The molecule has 0 saturated heterocycles. The van der Waals surface area contributed by atoms with Crippen LogP contribution < -0.4 is 0 Å². The van der Waals surface area contributed by atoms with Crippen molar-refractivity contribution in [1.82, 2.24) is 0 Å². The summed E-state index contributed by atoms with van der Waals surface area (Å²) in [5.41, 5.74) is -2.74. The lowest BCUT2D eigenvalue weighted by molar-refractivity contribution is -0.170. The summed E-state index contributed by atoms with van der Waals surface area (Å²) in [6.45, 7) is 0. The van der Waals surface area contributed by atoms with E-state index in [1.165, 1.54) is 0 Å². The van der Waals surface area contributed by atoms with Crippen LogP contribution in [0.4, 0.5) is 0 Å². The van der Waals surface area contributed by atoms with Crippen LogP contribution in [0.25, 0.3) is 0 Å². The lowest BCUT2D eigenvalue weighted by Crippen LogP contribution is -2.42. The molecule has 0 amide bonds. The molecule has 124 valence electrons. The number of hydrogen-bond acceptors (Lipinski definition) is 7. The molecule has 0 aromatic heterocycles. The van der Waals surface area contributed by atoms with Crippen LogP contribution in [-0.4, -0.2) is 71.9 Å². The van der Waals surface area contributed by atoms with E-state index in [4.69, 9.17) is 30.6 Å². The SMILES string of the molecule is O=C(O)CC(=O)C(=O)O.O=C(O)CC(O)(CC(=O)O)C(=O)O. The Balaban J connectivity index is 0. The van der Waals surface area contributed by atoms with E-state index in [1.54, 1.807) is 0 Å². The molecule has 0 radical (unpaired) electrons.